The van der Waals surface area contributed by atoms with Crippen LogP contribution in [-0.2, 0) is 30.2 Å². The van der Waals surface area contributed by atoms with Gasteiger partial charge >= 0.3 is 12.0 Å². The van der Waals surface area contributed by atoms with E-state index >= 15 is 0 Å². The van der Waals surface area contributed by atoms with Crippen LogP contribution >= 0.6 is 0 Å². The summed E-state index contributed by atoms with van der Waals surface area (Å²) in [6.45, 7) is 6.77. The van der Waals surface area contributed by atoms with E-state index in [0.717, 1.165) is 12.8 Å². The number of nitrogens with one attached hydrogen (secondary N) is 2. The lowest BCUT2D eigenvalue weighted by Gasteiger charge is -2.26. The zero-order valence-electron chi connectivity index (χ0n) is 21.1. The van der Waals surface area contributed by atoms with E-state index in [-0.39, 0.29) is 31.2 Å². The molecule has 2 fully saturated rings. The summed E-state index contributed by atoms with van der Waals surface area (Å²) in [6, 6.07) is 6.31. The van der Waals surface area contributed by atoms with Gasteiger partial charge in [0.2, 0.25) is 0 Å². The molecule has 4 atom stereocenters. The molecule has 9 nitrogen and oxygen atoms in total. The van der Waals surface area contributed by atoms with Gasteiger partial charge in [0.1, 0.15) is 18.3 Å². The number of carboxylic acids is 1. The van der Waals surface area contributed by atoms with Gasteiger partial charge in [-0.25, -0.2) is 4.79 Å². The lowest BCUT2D eigenvalue weighted by atomic mass is 10.1. The van der Waals surface area contributed by atoms with Crippen molar-refractivity contribution in [3.63, 3.8) is 0 Å². The second kappa shape index (κ2) is 13.2. The topological polar surface area (TPSA) is 115 Å². The van der Waals surface area contributed by atoms with Crippen molar-refractivity contribution in [3.05, 3.63) is 29.8 Å². The van der Waals surface area contributed by atoms with Gasteiger partial charge < -0.3 is 34.7 Å². The number of benzene rings is 1. The van der Waals surface area contributed by atoms with Crippen molar-refractivity contribution < 1.29 is 33.6 Å². The molecule has 2 aliphatic rings. The number of urea groups is 1. The van der Waals surface area contributed by atoms with Gasteiger partial charge in [-0.3, -0.25) is 4.79 Å². The van der Waals surface area contributed by atoms with Crippen LogP contribution in [0.4, 0.5) is 10.5 Å². The molecule has 2 aliphatic heterocycles. The Kier molecular flexibility index (Phi) is 10.3. The van der Waals surface area contributed by atoms with Gasteiger partial charge in [-0.2, -0.15) is 0 Å². The van der Waals surface area contributed by atoms with Crippen LogP contribution in [0.3, 0.4) is 0 Å². The van der Waals surface area contributed by atoms with Gasteiger partial charge in [0.25, 0.3) is 0 Å². The van der Waals surface area contributed by atoms with Gasteiger partial charge in [0, 0.05) is 18.8 Å². The van der Waals surface area contributed by atoms with Crippen LogP contribution in [-0.4, -0.2) is 60.6 Å². The maximum Gasteiger partial charge on any atom is 0.319 e. The molecule has 0 aromatic heterocycles. The Hall–Kier alpha value is -2.20. The van der Waals surface area contributed by atoms with Gasteiger partial charge in [-0.15, -0.1) is 0 Å². The molecule has 0 radical (unpaired) electrons. The Morgan fingerprint density at radius 2 is 1.71 bits per heavy atom. The maximum absolute atomic E-state index is 12.4. The quantitative estimate of drug-likeness (QED) is 0.329. The van der Waals surface area contributed by atoms with Gasteiger partial charge in [0.15, 0.2) is 12.1 Å². The van der Waals surface area contributed by atoms with E-state index in [1.807, 2.05) is 13.8 Å². The molecule has 9 heteroatoms. The van der Waals surface area contributed by atoms with E-state index in [0.29, 0.717) is 17.9 Å². The average molecular weight is 493 g/mol. The Morgan fingerprint density at radius 1 is 1.03 bits per heavy atom. The van der Waals surface area contributed by atoms with Crippen LogP contribution in [0.1, 0.15) is 71.3 Å². The Morgan fingerprint density at radius 3 is 2.40 bits per heavy atom. The van der Waals surface area contributed by atoms with Crippen LogP contribution in [0.15, 0.2) is 24.3 Å². The van der Waals surface area contributed by atoms with Crippen LogP contribution < -0.4 is 10.6 Å². The summed E-state index contributed by atoms with van der Waals surface area (Å²) in [6.07, 6.45) is 6.76. The molecule has 0 saturated carbocycles. The molecule has 0 unspecified atom stereocenters. The first-order valence-electron chi connectivity index (χ1n) is 12.8. The smallest absolute Gasteiger partial charge is 0.319 e. The Bertz CT molecular complexity index is 814. The molecule has 3 rings (SSSR count). The number of carbonyl (C=O) groups is 2. The molecule has 1 aromatic rings. The number of ether oxygens (including phenoxy) is 4. The summed E-state index contributed by atoms with van der Waals surface area (Å²) in [4.78, 5) is 23.2. The lowest BCUT2D eigenvalue weighted by molar-refractivity contribution is -0.217. The number of hydrogen-bond donors (Lipinski definition) is 3. The minimum Gasteiger partial charge on any atom is -0.481 e. The SMILES string of the molecule is CCCCCCCCCO[C@H]1[C@H]2OC(C)(C)O[C@H]2O[C@H]1CNC(=O)Nc1ccc(CC(=O)O)cc1. The molecule has 0 spiro atoms. The summed E-state index contributed by atoms with van der Waals surface area (Å²) < 4.78 is 24.1. The molecule has 2 saturated heterocycles. The lowest BCUT2D eigenvalue weighted by Crippen LogP contribution is -2.44. The number of carbonyl (C=O) groups excluding carboxylic acids is 1. The van der Waals surface area contributed by atoms with E-state index in [1.54, 1.807) is 24.3 Å². The van der Waals surface area contributed by atoms with Crippen LogP contribution in [0.5, 0.6) is 0 Å². The summed E-state index contributed by atoms with van der Waals surface area (Å²) in [7, 11) is 0. The normalized spacial score (nSPS) is 24.8. The molecule has 0 bridgehead atoms. The highest BCUT2D eigenvalue weighted by Crippen LogP contribution is 2.38. The maximum atomic E-state index is 12.4. The Labute approximate surface area is 207 Å². The van der Waals surface area contributed by atoms with Crippen molar-refractivity contribution in [2.45, 2.75) is 103 Å². The van der Waals surface area contributed by atoms with Crippen molar-refractivity contribution in [3.8, 4) is 0 Å². The number of unbranched alkanes of at least 4 members (excludes halogenated alkanes) is 6. The summed E-state index contributed by atoms with van der Waals surface area (Å²) >= 11 is 0. The summed E-state index contributed by atoms with van der Waals surface area (Å²) in [5, 5.41) is 14.4. The van der Waals surface area contributed by atoms with Crippen LogP contribution in [0, 0.1) is 0 Å². The number of carboxylic acid groups (broad SMARTS) is 1. The number of amides is 2. The van der Waals surface area contributed by atoms with Crippen molar-refractivity contribution in [1.82, 2.24) is 5.32 Å². The van der Waals surface area contributed by atoms with Crippen molar-refractivity contribution in [2.24, 2.45) is 0 Å². The standard InChI is InChI=1S/C26H40N2O7/c1-4-5-6-7-8-9-10-15-32-22-20(33-24-23(22)34-26(2,3)35-24)17-27-25(31)28-19-13-11-18(12-14-19)16-21(29)30/h11-14,20,22-24H,4-10,15-17H2,1-3H3,(H,29,30)(H2,27,28,31)/t20-,22+,23+,24+/m0/s1. The van der Waals surface area contributed by atoms with E-state index in [9.17, 15) is 9.59 Å². The second-order valence-electron chi connectivity index (χ2n) is 9.70. The molecule has 35 heavy (non-hydrogen) atoms. The zero-order valence-corrected chi connectivity index (χ0v) is 21.1. The van der Waals surface area contributed by atoms with Crippen molar-refractivity contribution in [2.75, 3.05) is 18.5 Å². The van der Waals surface area contributed by atoms with Crippen molar-refractivity contribution >= 4 is 17.7 Å². The minimum absolute atomic E-state index is 0.0605. The van der Waals surface area contributed by atoms with E-state index < -0.39 is 24.2 Å². The fourth-order valence-corrected chi connectivity index (χ4v) is 4.44. The monoisotopic (exact) mass is 492 g/mol. The summed E-state index contributed by atoms with van der Waals surface area (Å²) in [5.41, 5.74) is 1.24. The molecular formula is C26H40N2O7. The van der Waals surface area contributed by atoms with E-state index in [2.05, 4.69) is 17.6 Å². The molecule has 0 aliphatic carbocycles. The zero-order chi connectivity index (χ0) is 25.3. The highest BCUT2D eigenvalue weighted by molar-refractivity contribution is 5.89. The van der Waals surface area contributed by atoms with Crippen molar-refractivity contribution in [1.29, 1.82) is 0 Å². The molecule has 196 valence electrons. The molecule has 1 aromatic carbocycles. The first-order valence-corrected chi connectivity index (χ1v) is 12.8. The highest BCUT2D eigenvalue weighted by Gasteiger charge is 2.55. The number of hydrogen-bond acceptors (Lipinski definition) is 6. The number of fused-ring (bicyclic) bond motifs is 1. The third kappa shape index (κ3) is 8.75. The highest BCUT2D eigenvalue weighted by atomic mass is 16.8. The summed E-state index contributed by atoms with van der Waals surface area (Å²) in [5.74, 6) is -1.64. The third-order valence-corrected chi connectivity index (χ3v) is 6.18. The molecule has 3 N–H and O–H groups in total. The Balaban J connectivity index is 1.45. The first-order chi connectivity index (χ1) is 16.8. The third-order valence-electron chi connectivity index (χ3n) is 6.18. The van der Waals surface area contributed by atoms with Crippen LogP contribution in [0.2, 0.25) is 0 Å². The predicted octanol–water partition coefficient (Wildman–Crippen LogP) is 4.45. The predicted molar refractivity (Wildman–Crippen MR) is 131 cm³/mol. The average Bonchev–Trinajstić information content (AvgIpc) is 3.26. The van der Waals surface area contributed by atoms with Gasteiger partial charge in [0.05, 0.1) is 6.42 Å². The molecular weight excluding hydrogens is 452 g/mol. The van der Waals surface area contributed by atoms with Crippen LogP contribution in [0.25, 0.3) is 0 Å². The number of aliphatic carboxylic acids is 1. The minimum atomic E-state index is -0.898. The largest absolute Gasteiger partial charge is 0.481 e. The number of rotatable bonds is 14. The van der Waals surface area contributed by atoms with E-state index in [1.165, 1.54) is 32.1 Å². The number of anilines is 1. The van der Waals surface area contributed by atoms with E-state index in [4.69, 9.17) is 24.1 Å². The first kappa shape index (κ1) is 27.4. The second-order valence-corrected chi connectivity index (χ2v) is 9.70. The molecule has 2 heterocycles. The molecule has 2 amide bonds. The fourth-order valence-electron chi connectivity index (χ4n) is 4.44. The fraction of sp³-hybridized carbons (Fsp3) is 0.692. The van der Waals surface area contributed by atoms with Gasteiger partial charge in [-0.1, -0.05) is 57.6 Å². The van der Waals surface area contributed by atoms with Gasteiger partial charge in [-0.05, 0) is 38.0 Å².